The lowest BCUT2D eigenvalue weighted by molar-refractivity contribution is -0.148. The van der Waals surface area contributed by atoms with Crippen LogP contribution in [0.3, 0.4) is 0 Å². The zero-order chi connectivity index (χ0) is 100. The molecule has 0 spiro atoms. The number of esters is 4. The first-order valence-corrected chi connectivity index (χ1v) is 54.6. The molecule has 0 aliphatic rings. The predicted molar refractivity (Wildman–Crippen MR) is 558 cm³/mol. The first-order chi connectivity index (χ1) is 67.7. The molecule has 6 amide bonds. The van der Waals surface area contributed by atoms with E-state index in [4.69, 9.17) is 47.4 Å². The molecule has 1 atom stereocenters. The Labute approximate surface area is 836 Å². The molecule has 4 N–H and O–H groups in total. The number of hydrogen-bond donors (Lipinski definition) is 4. The van der Waals surface area contributed by atoms with Crippen molar-refractivity contribution in [3.63, 3.8) is 0 Å². The molecule has 0 aromatic carbocycles. The Morgan fingerprint density at radius 1 is 0.239 bits per heavy atom. The molecule has 0 bridgehead atoms. The SMILES string of the molecule is CCCCC/C=C\C/C=C\CCCCCCCC(=O)OCCN(CCOC(=O)CCCCCCC/C=C\C/C=C\CCCCC)C(=O)CCC(=O)NCCCC[C@H](NC(=O)CCC(=O)N(CCOC(=O)CCCCCCC/C=C\C/C=C\CCCCC)CCOC(=O)CCCCCCC/C=C\C/C=C\CCCCC)C(=O)NCCCOCCOCCOCCCNC(=O)CCOCCOCCOC. The quantitative estimate of drug-likeness (QED) is 0.0190. The Bertz CT molecular complexity index is 3030. The highest BCUT2D eigenvalue weighted by Crippen LogP contribution is 2.17. The van der Waals surface area contributed by atoms with E-state index in [2.05, 4.69) is 146 Å². The molecule has 0 aromatic rings. The second kappa shape index (κ2) is 107. The maximum atomic E-state index is 14.1. The number of amides is 6. The van der Waals surface area contributed by atoms with Crippen molar-refractivity contribution in [2.24, 2.45) is 0 Å². The lowest BCUT2D eigenvalue weighted by Crippen LogP contribution is -2.47. The highest BCUT2D eigenvalue weighted by Gasteiger charge is 2.24. The number of unbranched alkanes of at least 4 members (excludes halogenated alkanes) is 33. The van der Waals surface area contributed by atoms with Crippen molar-refractivity contribution >= 4 is 59.3 Å². The van der Waals surface area contributed by atoms with Gasteiger partial charge in [-0.25, -0.2) is 0 Å². The van der Waals surface area contributed by atoms with Crippen LogP contribution >= 0.6 is 0 Å². The van der Waals surface area contributed by atoms with Gasteiger partial charge in [-0.3, -0.25) is 47.9 Å². The molecule has 26 nitrogen and oxygen atoms in total. The van der Waals surface area contributed by atoms with E-state index in [1.807, 2.05) is 0 Å². The minimum atomic E-state index is -1.02. The van der Waals surface area contributed by atoms with Crippen molar-refractivity contribution < 1.29 is 95.3 Å². The summed E-state index contributed by atoms with van der Waals surface area (Å²) >= 11 is 0. The third-order valence-electron chi connectivity index (χ3n) is 23.1. The maximum Gasteiger partial charge on any atom is 0.305 e. The molecule has 0 aliphatic carbocycles. The molecule has 138 heavy (non-hydrogen) atoms. The van der Waals surface area contributed by atoms with Crippen LogP contribution in [0, 0.1) is 0 Å². The summed E-state index contributed by atoms with van der Waals surface area (Å²) in [7, 11) is 1.61. The summed E-state index contributed by atoms with van der Waals surface area (Å²) in [6, 6.07) is -1.02. The monoisotopic (exact) mass is 1950 g/mol. The minimum absolute atomic E-state index is 0.0163. The Balaban J connectivity index is 6.04. The highest BCUT2D eigenvalue weighted by atomic mass is 16.6. The van der Waals surface area contributed by atoms with Crippen molar-refractivity contribution in [1.29, 1.82) is 0 Å². The van der Waals surface area contributed by atoms with Crippen molar-refractivity contribution in [2.45, 2.75) is 406 Å². The fraction of sp³-hybridized carbons (Fsp3) is 0.768. The Morgan fingerprint density at radius 2 is 0.507 bits per heavy atom. The van der Waals surface area contributed by atoms with Gasteiger partial charge < -0.3 is 78.4 Å². The second-order valence-corrected chi connectivity index (χ2v) is 35.7. The molecule has 0 aromatic heterocycles. The van der Waals surface area contributed by atoms with Gasteiger partial charge in [0.1, 0.15) is 32.5 Å². The summed E-state index contributed by atoms with van der Waals surface area (Å²) in [5.41, 5.74) is 0. The van der Waals surface area contributed by atoms with Crippen LogP contribution in [-0.2, 0) is 95.3 Å². The highest BCUT2D eigenvalue weighted by molar-refractivity contribution is 5.89. The third-order valence-corrected chi connectivity index (χ3v) is 23.1. The van der Waals surface area contributed by atoms with Gasteiger partial charge in [-0.2, -0.15) is 0 Å². The molecule has 0 unspecified atom stereocenters. The summed E-state index contributed by atoms with van der Waals surface area (Å²) < 4.78 is 55.3. The van der Waals surface area contributed by atoms with E-state index >= 15 is 0 Å². The fourth-order valence-corrected chi connectivity index (χ4v) is 14.7. The first-order valence-electron chi connectivity index (χ1n) is 54.6. The molecule has 0 heterocycles. The Hall–Kier alpha value is -7.62. The maximum absolute atomic E-state index is 14.1. The van der Waals surface area contributed by atoms with Gasteiger partial charge in [0.25, 0.3) is 0 Å². The van der Waals surface area contributed by atoms with Crippen molar-refractivity contribution in [3.05, 3.63) is 97.2 Å². The zero-order valence-corrected chi connectivity index (χ0v) is 87.4. The minimum Gasteiger partial charge on any atom is -0.464 e. The fourth-order valence-electron chi connectivity index (χ4n) is 14.7. The zero-order valence-electron chi connectivity index (χ0n) is 87.4. The molecular formula is C112H196N6O20. The van der Waals surface area contributed by atoms with Crippen molar-refractivity contribution in [3.8, 4) is 0 Å². The molecule has 0 saturated carbocycles. The van der Waals surface area contributed by atoms with Gasteiger partial charge in [-0.1, -0.05) is 253 Å². The Kier molecular flexibility index (Phi) is 101. The summed E-state index contributed by atoms with van der Waals surface area (Å²) in [6.07, 6.45) is 85.2. The van der Waals surface area contributed by atoms with E-state index in [0.29, 0.717) is 131 Å². The van der Waals surface area contributed by atoms with Crippen LogP contribution in [0.5, 0.6) is 0 Å². The van der Waals surface area contributed by atoms with Crippen LogP contribution in [0.1, 0.15) is 400 Å². The Morgan fingerprint density at radius 3 is 0.833 bits per heavy atom. The van der Waals surface area contributed by atoms with Crippen molar-refractivity contribution in [1.82, 2.24) is 31.1 Å². The van der Waals surface area contributed by atoms with E-state index in [0.717, 1.165) is 180 Å². The number of methoxy groups -OCH3 is 1. The van der Waals surface area contributed by atoms with Crippen LogP contribution in [0.15, 0.2) is 97.2 Å². The largest absolute Gasteiger partial charge is 0.464 e. The summed E-state index contributed by atoms with van der Waals surface area (Å²) in [5, 5.41) is 11.5. The standard InChI is InChI=1S/C112H196N6O20/c1-6-10-14-18-22-26-30-34-38-42-46-50-54-58-62-71-108(124)135-90-83-117(84-91-136-109(125)72-63-59-55-51-47-43-39-35-31-27-23-19-15-11-7-2)106(122)77-75-103(119)113-80-67-66-70-102(112(128)115-82-69-88-131-97-100-134-99-96-130-87-68-81-114-104(120)79-89-132-98-101-133-95-94-129-5)116-105(121)76-78-107(123)118(85-92-137-110(126)73-64-60-56-52-48-44-40-36-32-28-24-20-16-12-8-3)86-93-138-111(127)74-65-61-57-53-49-45-41-37-33-29-25-21-17-13-9-4/h22-29,34-41,102H,6-21,30-33,42-101H2,1-5H3,(H,113,119)(H,114,120)(H,115,128)(H,116,121)/b26-22-,27-23-,28-24-,29-25-,38-34-,39-35-,40-36-,41-37-/t102-/m0/s1. The molecule has 0 radical (unpaired) electrons. The molecule has 0 aliphatic heterocycles. The molecule has 0 rings (SSSR count). The lowest BCUT2D eigenvalue weighted by Gasteiger charge is -2.23. The topological polar surface area (TPSA) is 318 Å². The molecule has 794 valence electrons. The number of allylic oxidation sites excluding steroid dienone is 16. The number of nitrogens with one attached hydrogen (secondary N) is 4. The van der Waals surface area contributed by atoms with Gasteiger partial charge in [0, 0.05) is 97.7 Å². The predicted octanol–water partition coefficient (Wildman–Crippen LogP) is 22.5. The van der Waals surface area contributed by atoms with Gasteiger partial charge in [-0.05, 0) is 186 Å². The third kappa shape index (κ3) is 97.2. The van der Waals surface area contributed by atoms with Crippen LogP contribution in [0.25, 0.3) is 0 Å². The van der Waals surface area contributed by atoms with Gasteiger partial charge in [0.2, 0.25) is 35.4 Å². The van der Waals surface area contributed by atoms with Crippen LogP contribution in [0.2, 0.25) is 0 Å². The normalized spacial score (nSPS) is 12.0. The van der Waals surface area contributed by atoms with Gasteiger partial charge in [-0.15, -0.1) is 0 Å². The molecular weight excluding hydrogens is 1750 g/mol. The summed E-state index contributed by atoms with van der Waals surface area (Å²) in [6.45, 7) is 14.0. The number of rotatable bonds is 104. The molecule has 0 saturated heterocycles. The van der Waals surface area contributed by atoms with Crippen molar-refractivity contribution in [2.75, 3.05) is 152 Å². The van der Waals surface area contributed by atoms with Crippen LogP contribution in [0.4, 0.5) is 0 Å². The average Bonchev–Trinajstić information content (AvgIpc) is 0.922. The lowest BCUT2D eigenvalue weighted by atomic mass is 10.1. The van der Waals surface area contributed by atoms with E-state index < -0.39 is 23.8 Å². The number of hydrogen-bond acceptors (Lipinski definition) is 20. The first kappa shape index (κ1) is 130. The van der Waals surface area contributed by atoms with Crippen LogP contribution < -0.4 is 21.3 Å². The number of carbonyl (C=O) groups excluding carboxylic acids is 10. The molecule has 0 fully saturated rings. The van der Waals surface area contributed by atoms with Crippen LogP contribution in [-0.4, -0.2) is 227 Å². The molecule has 26 heteroatoms. The van der Waals surface area contributed by atoms with Gasteiger partial charge in [0.05, 0.1) is 85.6 Å². The van der Waals surface area contributed by atoms with E-state index in [9.17, 15) is 47.9 Å². The average molecular weight is 1950 g/mol. The smallest absolute Gasteiger partial charge is 0.305 e. The van der Waals surface area contributed by atoms with E-state index in [-0.39, 0.29) is 172 Å². The number of nitrogens with zero attached hydrogens (tertiary/aromatic N) is 2. The van der Waals surface area contributed by atoms with E-state index in [1.54, 1.807) is 7.11 Å². The van der Waals surface area contributed by atoms with E-state index in [1.165, 1.54) is 86.8 Å². The second-order valence-electron chi connectivity index (χ2n) is 35.7. The summed E-state index contributed by atoms with van der Waals surface area (Å²) in [4.78, 5) is 136. The summed E-state index contributed by atoms with van der Waals surface area (Å²) in [5.74, 6) is -3.68. The van der Waals surface area contributed by atoms with Gasteiger partial charge >= 0.3 is 23.9 Å². The van der Waals surface area contributed by atoms with Gasteiger partial charge in [0.15, 0.2) is 0 Å². The number of ether oxygens (including phenoxy) is 10. The number of carbonyl (C=O) groups is 10.